The number of nitrogens with zero attached hydrogens (tertiary/aromatic N) is 1. The van der Waals surface area contributed by atoms with Crippen LogP contribution in [0, 0.1) is 0 Å². The fourth-order valence-corrected chi connectivity index (χ4v) is 4.30. The summed E-state index contributed by atoms with van der Waals surface area (Å²) in [6.07, 6.45) is -0.630. The zero-order chi connectivity index (χ0) is 24.0. The maximum absolute atomic E-state index is 12.7. The monoisotopic (exact) mass is 493 g/mol. The highest BCUT2D eigenvalue weighted by Gasteiger charge is 2.35. The third-order valence-corrected chi connectivity index (χ3v) is 6.12. The number of likely N-dealkylation sites (tertiary alicyclic amines) is 1. The van der Waals surface area contributed by atoms with Crippen molar-refractivity contribution in [2.45, 2.75) is 51.5 Å². The second-order valence-electron chi connectivity index (χ2n) is 8.71. The average molecular weight is 494 g/mol. The second kappa shape index (κ2) is 10.9. The molecule has 2 N–H and O–H groups in total. The molecular weight excluding hydrogens is 466 g/mol. The van der Waals surface area contributed by atoms with Crippen LogP contribution in [0.2, 0.25) is 4.34 Å². The van der Waals surface area contributed by atoms with Gasteiger partial charge in [0.1, 0.15) is 12.2 Å². The van der Waals surface area contributed by atoms with Gasteiger partial charge in [-0.05, 0) is 44.9 Å². The van der Waals surface area contributed by atoms with Gasteiger partial charge in [0, 0.05) is 13.1 Å². The molecule has 0 aliphatic carbocycles. The van der Waals surface area contributed by atoms with Crippen molar-refractivity contribution in [2.24, 2.45) is 0 Å². The lowest BCUT2D eigenvalue weighted by Crippen LogP contribution is -2.61. The zero-order valence-electron chi connectivity index (χ0n) is 18.8. The Balaban J connectivity index is 1.65. The van der Waals surface area contributed by atoms with Crippen LogP contribution in [0.25, 0.3) is 0 Å². The van der Waals surface area contributed by atoms with Crippen molar-refractivity contribution in [3.8, 4) is 0 Å². The van der Waals surface area contributed by atoms with Crippen LogP contribution in [0.5, 0.6) is 0 Å². The molecule has 1 saturated heterocycles. The number of benzene rings is 1. The van der Waals surface area contributed by atoms with Crippen molar-refractivity contribution in [2.75, 3.05) is 13.1 Å². The maximum Gasteiger partial charge on any atom is 0.410 e. The number of alkyl carbamates (subject to hydrolysis) is 1. The van der Waals surface area contributed by atoms with E-state index in [1.165, 1.54) is 4.90 Å². The first kappa shape index (κ1) is 24.9. The van der Waals surface area contributed by atoms with Gasteiger partial charge in [-0.3, -0.25) is 4.79 Å². The molecule has 0 bridgehead atoms. The minimum atomic E-state index is -0.639. The Bertz CT molecular complexity index is 976. The molecule has 2 atom stereocenters. The molecule has 2 aromatic rings. The van der Waals surface area contributed by atoms with Gasteiger partial charge in [-0.15, -0.1) is 11.3 Å². The third-order valence-electron chi connectivity index (χ3n) is 4.89. The number of carbonyl (C=O) groups is 3. The van der Waals surface area contributed by atoms with Crippen molar-refractivity contribution in [1.29, 1.82) is 0 Å². The topological polar surface area (TPSA) is 97.0 Å². The molecule has 1 aliphatic heterocycles. The number of carbonyl (C=O) groups excluding carboxylic acids is 3. The fourth-order valence-electron chi connectivity index (χ4n) is 3.36. The summed E-state index contributed by atoms with van der Waals surface area (Å²) < 4.78 is 11.3. The second-order valence-corrected chi connectivity index (χ2v) is 10.4. The number of thiophene rings is 1. The smallest absolute Gasteiger partial charge is 0.410 e. The van der Waals surface area contributed by atoms with Crippen molar-refractivity contribution < 1.29 is 23.9 Å². The van der Waals surface area contributed by atoms with E-state index in [0.29, 0.717) is 22.2 Å². The molecule has 1 aliphatic rings. The van der Waals surface area contributed by atoms with Crippen molar-refractivity contribution >= 4 is 41.0 Å². The van der Waals surface area contributed by atoms with E-state index >= 15 is 0 Å². The summed E-state index contributed by atoms with van der Waals surface area (Å²) in [5.74, 6) is -0.326. The predicted molar refractivity (Wildman–Crippen MR) is 127 cm³/mol. The Hall–Kier alpha value is -2.78. The molecule has 1 aromatic heterocycles. The summed E-state index contributed by atoms with van der Waals surface area (Å²) in [6, 6.07) is 11.7. The summed E-state index contributed by atoms with van der Waals surface area (Å²) in [6.45, 7) is 6.07. The first-order chi connectivity index (χ1) is 15.6. The summed E-state index contributed by atoms with van der Waals surface area (Å²) in [5, 5.41) is 5.75. The Morgan fingerprint density at radius 2 is 1.82 bits per heavy atom. The summed E-state index contributed by atoms with van der Waals surface area (Å²) in [5.41, 5.74) is 0.228. The van der Waals surface area contributed by atoms with E-state index in [9.17, 15) is 14.4 Å². The Morgan fingerprint density at radius 1 is 1.09 bits per heavy atom. The van der Waals surface area contributed by atoms with E-state index in [4.69, 9.17) is 21.1 Å². The van der Waals surface area contributed by atoms with Crippen molar-refractivity contribution in [3.63, 3.8) is 0 Å². The molecular formula is C23H28ClN3O5S. The van der Waals surface area contributed by atoms with Crippen LogP contribution in [0.1, 0.15) is 42.4 Å². The average Bonchev–Trinajstić information content (AvgIpc) is 3.19. The van der Waals surface area contributed by atoms with E-state index in [2.05, 4.69) is 10.6 Å². The van der Waals surface area contributed by atoms with Crippen LogP contribution in [0.3, 0.4) is 0 Å². The van der Waals surface area contributed by atoms with Gasteiger partial charge in [-0.1, -0.05) is 41.9 Å². The number of hydrogen-bond donors (Lipinski definition) is 2. The lowest BCUT2D eigenvalue weighted by atomic mass is 9.99. The molecule has 3 amide bonds. The quantitative estimate of drug-likeness (QED) is 0.642. The molecule has 33 heavy (non-hydrogen) atoms. The van der Waals surface area contributed by atoms with Gasteiger partial charge >= 0.3 is 12.2 Å². The number of ether oxygens (including phenoxy) is 2. The zero-order valence-corrected chi connectivity index (χ0v) is 20.4. The molecule has 0 radical (unpaired) electrons. The van der Waals surface area contributed by atoms with E-state index in [1.807, 2.05) is 30.3 Å². The summed E-state index contributed by atoms with van der Waals surface area (Å²) >= 11 is 7.11. The lowest BCUT2D eigenvalue weighted by molar-refractivity contribution is 0.0159. The van der Waals surface area contributed by atoms with E-state index < -0.39 is 29.9 Å². The minimum Gasteiger partial charge on any atom is -0.445 e. The highest BCUT2D eigenvalue weighted by atomic mass is 35.5. The normalized spacial score (nSPS) is 18.4. The van der Waals surface area contributed by atoms with Gasteiger partial charge < -0.3 is 25.0 Å². The van der Waals surface area contributed by atoms with E-state index in [-0.39, 0.29) is 19.1 Å². The highest BCUT2D eigenvalue weighted by molar-refractivity contribution is 7.18. The number of amides is 3. The van der Waals surface area contributed by atoms with Gasteiger partial charge in [0.05, 0.1) is 21.3 Å². The SMILES string of the molecule is CC(C)(C)OC(=O)N1CC[C@H](NC(=O)OCc2ccccc2)[C@H](NC(=O)c2ccc(Cl)s2)C1. The Labute approximate surface area is 202 Å². The Kier molecular flexibility index (Phi) is 8.20. The largest absolute Gasteiger partial charge is 0.445 e. The Morgan fingerprint density at radius 3 is 2.45 bits per heavy atom. The molecule has 0 saturated carbocycles. The molecule has 1 fully saturated rings. The standard InChI is InChI=1S/C23H28ClN3O5S/c1-23(2,3)32-22(30)27-12-11-16(26-21(29)31-14-15-7-5-4-6-8-15)17(13-27)25-20(28)18-9-10-19(24)33-18/h4-10,16-17H,11-14H2,1-3H3,(H,25,28)(H,26,29)/t16-,17+/m0/s1. The fraction of sp³-hybridized carbons (Fsp3) is 0.435. The first-order valence-corrected chi connectivity index (χ1v) is 11.8. The van der Waals surface area contributed by atoms with Gasteiger partial charge in [-0.2, -0.15) is 0 Å². The number of piperidine rings is 1. The number of halogens is 1. The van der Waals surface area contributed by atoms with E-state index in [0.717, 1.165) is 16.9 Å². The highest BCUT2D eigenvalue weighted by Crippen LogP contribution is 2.22. The van der Waals surface area contributed by atoms with E-state index in [1.54, 1.807) is 32.9 Å². The predicted octanol–water partition coefficient (Wildman–Crippen LogP) is 4.44. The molecule has 2 heterocycles. The lowest BCUT2D eigenvalue weighted by Gasteiger charge is -2.39. The summed E-state index contributed by atoms with van der Waals surface area (Å²) in [7, 11) is 0. The molecule has 3 rings (SSSR count). The van der Waals surface area contributed by atoms with Crippen LogP contribution in [-0.4, -0.2) is 53.8 Å². The van der Waals surface area contributed by atoms with Crippen LogP contribution in [-0.2, 0) is 16.1 Å². The van der Waals surface area contributed by atoms with Gasteiger partial charge in [0.15, 0.2) is 0 Å². The summed E-state index contributed by atoms with van der Waals surface area (Å²) in [4.78, 5) is 39.7. The molecule has 178 valence electrons. The van der Waals surface area contributed by atoms with Crippen LogP contribution < -0.4 is 10.6 Å². The number of nitrogens with one attached hydrogen (secondary N) is 2. The third kappa shape index (κ3) is 7.64. The van der Waals surface area contributed by atoms with Crippen LogP contribution >= 0.6 is 22.9 Å². The molecule has 0 spiro atoms. The minimum absolute atomic E-state index is 0.133. The van der Waals surface area contributed by atoms with Crippen molar-refractivity contribution in [3.05, 3.63) is 57.2 Å². The van der Waals surface area contributed by atoms with Gasteiger partial charge in [0.2, 0.25) is 0 Å². The van der Waals surface area contributed by atoms with Gasteiger partial charge in [0.25, 0.3) is 5.91 Å². The molecule has 0 unspecified atom stereocenters. The van der Waals surface area contributed by atoms with Crippen LogP contribution in [0.15, 0.2) is 42.5 Å². The first-order valence-electron chi connectivity index (χ1n) is 10.6. The molecule has 8 nitrogen and oxygen atoms in total. The van der Waals surface area contributed by atoms with Crippen LogP contribution in [0.4, 0.5) is 9.59 Å². The number of hydrogen-bond acceptors (Lipinski definition) is 6. The molecule has 1 aromatic carbocycles. The number of rotatable bonds is 5. The molecule has 10 heteroatoms. The van der Waals surface area contributed by atoms with Crippen molar-refractivity contribution in [1.82, 2.24) is 15.5 Å². The maximum atomic E-state index is 12.7. The van der Waals surface area contributed by atoms with Gasteiger partial charge in [-0.25, -0.2) is 9.59 Å².